The molecule has 2 radical (unpaired) electrons. The van der Waals surface area contributed by atoms with Crippen molar-refractivity contribution < 1.29 is 9.53 Å². The van der Waals surface area contributed by atoms with E-state index < -0.39 is 0 Å². The smallest absolute Gasteiger partial charge is 0.265 e. The molecule has 0 amide bonds. The van der Waals surface area contributed by atoms with Gasteiger partial charge >= 0.3 is 0 Å². The number of methoxy groups -OCH3 is 1. The number of hydrogen-bond acceptors (Lipinski definition) is 2. The van der Waals surface area contributed by atoms with E-state index in [1.807, 2.05) is 24.3 Å². The molecule has 10 heavy (non-hydrogen) atoms. The minimum absolute atomic E-state index is 0.151. The van der Waals surface area contributed by atoms with Gasteiger partial charge in [0.15, 0.2) is 0 Å². The molecular weight excluding hydrogens is 144 g/mol. The molecule has 0 aliphatic carbocycles. The molecule has 52 valence electrons. The maximum Gasteiger partial charge on any atom is 0.265 e. The second kappa shape index (κ2) is 3.39. The van der Waals surface area contributed by atoms with E-state index in [1.165, 1.54) is 0 Å². The molecule has 0 saturated heterocycles. The van der Waals surface area contributed by atoms with Crippen molar-refractivity contribution in [2.24, 2.45) is 0 Å². The van der Waals surface area contributed by atoms with Crippen LogP contribution in [-0.2, 0) is 0 Å². The summed E-state index contributed by atoms with van der Waals surface area (Å²) in [6.45, 7) is 0. The predicted octanol–water partition coefficient (Wildman–Crippen LogP) is -0.0680. The van der Waals surface area contributed by atoms with Crippen LogP contribution in [0.4, 0.5) is 0 Å². The quantitative estimate of drug-likeness (QED) is 0.601. The second-order valence-electron chi connectivity index (χ2n) is 1.84. The zero-order valence-electron chi connectivity index (χ0n) is 5.66. The van der Waals surface area contributed by atoms with Crippen molar-refractivity contribution in [3.63, 3.8) is 0 Å². The normalized spacial score (nSPS) is 9.40. The molecule has 0 aliphatic heterocycles. The van der Waals surface area contributed by atoms with Gasteiger partial charge in [0.25, 0.3) is 9.76 Å². The first-order valence-electron chi connectivity index (χ1n) is 2.91. The van der Waals surface area contributed by atoms with Gasteiger partial charge < -0.3 is 9.53 Å². The maximum atomic E-state index is 8.73. The summed E-state index contributed by atoms with van der Waals surface area (Å²) in [5.41, 5.74) is 0. The van der Waals surface area contributed by atoms with Crippen molar-refractivity contribution in [2.75, 3.05) is 7.11 Å². The highest BCUT2D eigenvalue weighted by Crippen LogP contribution is 2.04. The van der Waals surface area contributed by atoms with Crippen molar-refractivity contribution in [3.05, 3.63) is 24.3 Å². The van der Waals surface area contributed by atoms with Crippen LogP contribution < -0.4 is 9.92 Å². The largest absolute Gasteiger partial charge is 0.497 e. The molecule has 1 N–H and O–H groups in total. The van der Waals surface area contributed by atoms with Crippen LogP contribution in [-0.4, -0.2) is 21.7 Å². The highest BCUT2D eigenvalue weighted by molar-refractivity contribution is 6.45. The molecule has 0 bridgehead atoms. The molecule has 0 heterocycles. The van der Waals surface area contributed by atoms with E-state index >= 15 is 0 Å². The number of benzene rings is 1. The molecule has 0 unspecified atom stereocenters. The summed E-state index contributed by atoms with van der Waals surface area (Å²) < 4.78 is 4.95. The minimum atomic E-state index is -0.151. The molecule has 0 aromatic heterocycles. The van der Waals surface area contributed by atoms with Crippen LogP contribution in [0.1, 0.15) is 0 Å². The number of ether oxygens (including phenoxy) is 1. The molecule has 0 fully saturated rings. The first-order chi connectivity index (χ1) is 4.86. The van der Waals surface area contributed by atoms with E-state index in [1.54, 1.807) is 7.11 Å². The Hall–Kier alpha value is -0.803. The van der Waals surface area contributed by atoms with Gasteiger partial charge in [-0.15, -0.1) is 0 Å². The van der Waals surface area contributed by atoms with Crippen molar-refractivity contribution in [2.45, 2.75) is 0 Å². The Morgan fingerprint density at radius 1 is 1.50 bits per heavy atom. The van der Waals surface area contributed by atoms with E-state index in [9.17, 15) is 0 Å². The SMILES string of the molecule is COc1cccc([Si]O)c1. The first kappa shape index (κ1) is 7.31. The van der Waals surface area contributed by atoms with Crippen LogP contribution >= 0.6 is 0 Å². The van der Waals surface area contributed by atoms with Gasteiger partial charge in [0.1, 0.15) is 5.75 Å². The third kappa shape index (κ3) is 1.59. The third-order valence-electron chi connectivity index (χ3n) is 1.20. The van der Waals surface area contributed by atoms with Crippen LogP contribution in [0.3, 0.4) is 0 Å². The summed E-state index contributed by atoms with van der Waals surface area (Å²) in [7, 11) is 1.46. The van der Waals surface area contributed by atoms with E-state index in [-0.39, 0.29) is 9.76 Å². The lowest BCUT2D eigenvalue weighted by Crippen LogP contribution is -2.12. The molecule has 1 rings (SSSR count). The van der Waals surface area contributed by atoms with Gasteiger partial charge in [0, 0.05) is 0 Å². The van der Waals surface area contributed by atoms with Gasteiger partial charge in [-0.1, -0.05) is 12.1 Å². The molecule has 1 aromatic carbocycles. The van der Waals surface area contributed by atoms with Crippen LogP contribution in [0, 0.1) is 0 Å². The van der Waals surface area contributed by atoms with Gasteiger partial charge in [-0.2, -0.15) is 0 Å². The summed E-state index contributed by atoms with van der Waals surface area (Å²) in [5, 5.41) is 0.902. The average molecular weight is 152 g/mol. The van der Waals surface area contributed by atoms with E-state index in [4.69, 9.17) is 9.53 Å². The van der Waals surface area contributed by atoms with Crippen LogP contribution in [0.5, 0.6) is 5.75 Å². The van der Waals surface area contributed by atoms with Gasteiger partial charge in [-0.05, 0) is 17.3 Å². The fraction of sp³-hybridized carbons (Fsp3) is 0.143. The Bertz CT molecular complexity index is 193. The Kier molecular flexibility index (Phi) is 2.47. The van der Waals surface area contributed by atoms with Crippen molar-refractivity contribution in [1.82, 2.24) is 0 Å². The lowest BCUT2D eigenvalue weighted by molar-refractivity contribution is 0.415. The summed E-state index contributed by atoms with van der Waals surface area (Å²) in [6, 6.07) is 7.39. The first-order valence-corrected chi connectivity index (χ1v) is 3.85. The number of hydrogen-bond donors (Lipinski definition) is 1. The van der Waals surface area contributed by atoms with E-state index in [0.717, 1.165) is 10.9 Å². The van der Waals surface area contributed by atoms with Crippen molar-refractivity contribution in [1.29, 1.82) is 0 Å². The zero-order chi connectivity index (χ0) is 7.40. The van der Waals surface area contributed by atoms with Gasteiger partial charge in [-0.3, -0.25) is 0 Å². The molecule has 2 nitrogen and oxygen atoms in total. The lowest BCUT2D eigenvalue weighted by atomic mass is 10.3. The summed E-state index contributed by atoms with van der Waals surface area (Å²) in [6.07, 6.45) is 0. The standard InChI is InChI=1S/C7H8O2Si/c1-9-6-3-2-4-7(5-6)10-8/h2-5,8H,1H3. The van der Waals surface area contributed by atoms with Crippen LogP contribution in [0.25, 0.3) is 0 Å². The summed E-state index contributed by atoms with van der Waals surface area (Å²) >= 11 is 0. The summed E-state index contributed by atoms with van der Waals surface area (Å²) in [5.74, 6) is 0.791. The Morgan fingerprint density at radius 2 is 2.30 bits per heavy atom. The summed E-state index contributed by atoms with van der Waals surface area (Å²) in [4.78, 5) is 8.73. The van der Waals surface area contributed by atoms with Crippen LogP contribution in [0.2, 0.25) is 0 Å². The third-order valence-corrected chi connectivity index (χ3v) is 1.77. The average Bonchev–Trinajstić information content (AvgIpc) is 2.05. The second-order valence-corrected chi connectivity index (χ2v) is 2.64. The fourth-order valence-electron chi connectivity index (χ4n) is 0.693. The van der Waals surface area contributed by atoms with Crippen LogP contribution in [0.15, 0.2) is 24.3 Å². The van der Waals surface area contributed by atoms with Gasteiger partial charge in [0.2, 0.25) is 0 Å². The van der Waals surface area contributed by atoms with E-state index in [0.29, 0.717) is 0 Å². The van der Waals surface area contributed by atoms with Crippen molar-refractivity contribution >= 4 is 14.9 Å². The van der Waals surface area contributed by atoms with Gasteiger partial charge in [0.05, 0.1) is 7.11 Å². The highest BCUT2D eigenvalue weighted by atomic mass is 28.2. The molecule has 1 aromatic rings. The minimum Gasteiger partial charge on any atom is -0.497 e. The Labute approximate surface area is 62.4 Å². The monoisotopic (exact) mass is 152 g/mol. The zero-order valence-corrected chi connectivity index (χ0v) is 6.66. The molecule has 3 heteroatoms. The highest BCUT2D eigenvalue weighted by Gasteiger charge is 1.93. The fourth-order valence-corrected chi connectivity index (χ4v) is 1.07. The molecule has 0 saturated carbocycles. The number of rotatable bonds is 2. The lowest BCUT2D eigenvalue weighted by Gasteiger charge is -1.99. The topological polar surface area (TPSA) is 29.5 Å². The molecule has 0 aliphatic rings. The Morgan fingerprint density at radius 3 is 2.90 bits per heavy atom. The predicted molar refractivity (Wildman–Crippen MR) is 40.6 cm³/mol. The molecule has 0 atom stereocenters. The molecule has 0 spiro atoms. The van der Waals surface area contributed by atoms with Crippen molar-refractivity contribution in [3.8, 4) is 5.75 Å². The van der Waals surface area contributed by atoms with Gasteiger partial charge in [-0.25, -0.2) is 0 Å². The molecular formula is C7H8O2Si. The Balaban J connectivity index is 2.87. The van der Waals surface area contributed by atoms with E-state index in [2.05, 4.69) is 0 Å². The maximum absolute atomic E-state index is 8.73.